The van der Waals surface area contributed by atoms with Gasteiger partial charge in [0.2, 0.25) is 0 Å². The molecule has 20 heavy (non-hydrogen) atoms. The molecule has 0 aliphatic carbocycles. The average molecular weight is 341 g/mol. The maximum absolute atomic E-state index is 13.7. The number of nitrogens with one attached hydrogen (secondary N) is 1. The molecule has 5 heteroatoms. The number of rotatable bonds is 4. The summed E-state index contributed by atoms with van der Waals surface area (Å²) < 4.78 is 27.6. The molecule has 2 aromatic rings. The average Bonchev–Trinajstić information content (AvgIpc) is 2.36. The van der Waals surface area contributed by atoms with Crippen molar-refractivity contribution in [1.29, 1.82) is 0 Å². The lowest BCUT2D eigenvalue weighted by Gasteiger charge is -2.18. The third-order valence-electron chi connectivity index (χ3n) is 3.11. The summed E-state index contributed by atoms with van der Waals surface area (Å²) >= 11 is 3.43. The quantitative estimate of drug-likeness (QED) is 0.656. The Balaban J connectivity index is 2.28. The molecule has 2 nitrogen and oxygen atoms in total. The first-order valence-corrected chi connectivity index (χ1v) is 6.96. The fourth-order valence-corrected chi connectivity index (χ4v) is 2.77. The van der Waals surface area contributed by atoms with Gasteiger partial charge in [0.1, 0.15) is 11.6 Å². The van der Waals surface area contributed by atoms with E-state index in [9.17, 15) is 8.78 Å². The molecule has 0 aliphatic heterocycles. The third kappa shape index (κ3) is 3.62. The van der Waals surface area contributed by atoms with Crippen LogP contribution < -0.4 is 11.3 Å². The lowest BCUT2D eigenvalue weighted by atomic mass is 9.98. The highest BCUT2D eigenvalue weighted by molar-refractivity contribution is 9.10. The predicted octanol–water partition coefficient (Wildman–Crippen LogP) is 3.78. The zero-order chi connectivity index (χ0) is 14.7. The minimum absolute atomic E-state index is 0.244. The molecule has 2 rings (SSSR count). The molecule has 0 fully saturated rings. The molecule has 106 valence electrons. The van der Waals surface area contributed by atoms with Gasteiger partial charge in [-0.15, -0.1) is 0 Å². The van der Waals surface area contributed by atoms with Gasteiger partial charge in [0.15, 0.2) is 0 Å². The zero-order valence-corrected chi connectivity index (χ0v) is 12.5. The van der Waals surface area contributed by atoms with Gasteiger partial charge in [-0.3, -0.25) is 11.3 Å². The second-order valence-corrected chi connectivity index (χ2v) is 5.64. The Labute approximate surface area is 125 Å². The Bertz CT molecular complexity index is 597. The first-order valence-electron chi connectivity index (χ1n) is 6.16. The number of hydrazine groups is 1. The highest BCUT2D eigenvalue weighted by Gasteiger charge is 2.14. The van der Waals surface area contributed by atoms with Crippen LogP contribution in [0.15, 0.2) is 40.9 Å². The summed E-state index contributed by atoms with van der Waals surface area (Å²) in [5.41, 5.74) is 5.13. The fraction of sp³-hybridized carbons (Fsp3) is 0.200. The van der Waals surface area contributed by atoms with Gasteiger partial charge >= 0.3 is 0 Å². The minimum atomic E-state index is -0.582. The molecule has 0 aromatic heterocycles. The predicted molar refractivity (Wildman–Crippen MR) is 79.0 cm³/mol. The van der Waals surface area contributed by atoms with E-state index in [1.54, 1.807) is 0 Å². The van der Waals surface area contributed by atoms with Gasteiger partial charge in [0.25, 0.3) is 0 Å². The van der Waals surface area contributed by atoms with Gasteiger partial charge in [-0.1, -0.05) is 28.1 Å². The Morgan fingerprint density at radius 1 is 1.20 bits per heavy atom. The first kappa shape index (κ1) is 15.1. The topological polar surface area (TPSA) is 38.0 Å². The van der Waals surface area contributed by atoms with Crippen molar-refractivity contribution in [2.24, 2.45) is 5.84 Å². The van der Waals surface area contributed by atoms with Crippen molar-refractivity contribution in [3.05, 3.63) is 69.2 Å². The van der Waals surface area contributed by atoms with Gasteiger partial charge < -0.3 is 0 Å². The Morgan fingerprint density at radius 2 is 1.95 bits per heavy atom. The monoisotopic (exact) mass is 340 g/mol. The molecule has 3 N–H and O–H groups in total. The molecule has 0 heterocycles. The van der Waals surface area contributed by atoms with Crippen LogP contribution in [0.1, 0.15) is 22.7 Å². The Hall–Kier alpha value is -1.30. The highest BCUT2D eigenvalue weighted by atomic mass is 79.9. The molecule has 0 saturated heterocycles. The molecule has 0 saturated carbocycles. The zero-order valence-electron chi connectivity index (χ0n) is 11.0. The fourth-order valence-electron chi connectivity index (χ4n) is 2.15. The molecule has 1 atom stereocenters. The lowest BCUT2D eigenvalue weighted by Crippen LogP contribution is -2.30. The van der Waals surface area contributed by atoms with Crippen LogP contribution in [0.2, 0.25) is 0 Å². The Morgan fingerprint density at radius 3 is 2.55 bits per heavy atom. The van der Waals surface area contributed by atoms with Crippen LogP contribution in [-0.4, -0.2) is 0 Å². The summed E-state index contributed by atoms with van der Waals surface area (Å²) in [5.74, 6) is 4.43. The van der Waals surface area contributed by atoms with Crippen molar-refractivity contribution >= 4 is 15.9 Å². The largest absolute Gasteiger partial charge is 0.271 e. The summed E-state index contributed by atoms with van der Waals surface area (Å²) in [6, 6.07) is 9.23. The summed E-state index contributed by atoms with van der Waals surface area (Å²) in [6.07, 6.45) is 0.346. The molecule has 0 bridgehead atoms. The number of halogens is 3. The molecule has 2 aromatic carbocycles. The van der Waals surface area contributed by atoms with Gasteiger partial charge in [0.05, 0.1) is 6.04 Å². The van der Waals surface area contributed by atoms with Crippen LogP contribution in [0.4, 0.5) is 8.78 Å². The van der Waals surface area contributed by atoms with E-state index in [-0.39, 0.29) is 6.04 Å². The number of hydrogen-bond donors (Lipinski definition) is 2. The van der Waals surface area contributed by atoms with Crippen molar-refractivity contribution in [2.45, 2.75) is 19.4 Å². The standard InChI is InChI=1S/C15H15BrF2N2/c1-9-4-11(6-12(16)5-9)15(20-19)7-10-2-3-13(17)8-14(10)18/h2-6,8,15,20H,7,19H2,1H3. The van der Waals surface area contributed by atoms with Crippen molar-refractivity contribution in [1.82, 2.24) is 5.43 Å². The number of hydrogen-bond acceptors (Lipinski definition) is 2. The van der Waals surface area contributed by atoms with E-state index in [0.29, 0.717) is 12.0 Å². The molecule has 0 aliphatic rings. The molecule has 0 amide bonds. The maximum atomic E-state index is 13.7. The van der Waals surface area contributed by atoms with Crippen LogP contribution in [0, 0.1) is 18.6 Å². The van der Waals surface area contributed by atoms with Crippen molar-refractivity contribution < 1.29 is 8.78 Å². The van der Waals surface area contributed by atoms with Crippen molar-refractivity contribution in [3.63, 3.8) is 0 Å². The molecular formula is C15H15BrF2N2. The van der Waals surface area contributed by atoms with Crippen LogP contribution in [0.5, 0.6) is 0 Å². The first-order chi connectivity index (χ1) is 9.49. The van der Waals surface area contributed by atoms with Crippen molar-refractivity contribution in [3.8, 4) is 0 Å². The summed E-state index contributed by atoms with van der Waals surface area (Å²) in [4.78, 5) is 0. The van der Waals surface area contributed by atoms with Crippen molar-refractivity contribution in [2.75, 3.05) is 0 Å². The Kier molecular flexibility index (Phi) is 4.86. The van der Waals surface area contributed by atoms with E-state index in [4.69, 9.17) is 5.84 Å². The third-order valence-corrected chi connectivity index (χ3v) is 3.56. The van der Waals surface area contributed by atoms with Crippen LogP contribution in [0.3, 0.4) is 0 Å². The highest BCUT2D eigenvalue weighted by Crippen LogP contribution is 2.24. The van der Waals surface area contributed by atoms with Gasteiger partial charge in [-0.25, -0.2) is 8.78 Å². The number of aryl methyl sites for hydroxylation is 1. The van der Waals surface area contributed by atoms with Crippen LogP contribution in [0.25, 0.3) is 0 Å². The summed E-state index contributed by atoms with van der Waals surface area (Å²) in [5, 5.41) is 0. The van der Waals surface area contributed by atoms with Gasteiger partial charge in [-0.05, 0) is 48.2 Å². The molecule has 0 radical (unpaired) electrons. The summed E-state index contributed by atoms with van der Waals surface area (Å²) in [7, 11) is 0. The normalized spacial score (nSPS) is 12.4. The van der Waals surface area contributed by atoms with E-state index >= 15 is 0 Å². The van der Waals surface area contributed by atoms with Crippen LogP contribution >= 0.6 is 15.9 Å². The van der Waals surface area contributed by atoms with E-state index in [1.807, 2.05) is 25.1 Å². The maximum Gasteiger partial charge on any atom is 0.129 e. The second kappa shape index (κ2) is 6.43. The molecular weight excluding hydrogens is 326 g/mol. The molecule has 0 spiro atoms. The SMILES string of the molecule is Cc1cc(Br)cc(C(Cc2ccc(F)cc2F)NN)c1. The van der Waals surface area contributed by atoms with E-state index in [2.05, 4.69) is 21.4 Å². The summed E-state index contributed by atoms with van der Waals surface area (Å²) in [6.45, 7) is 1.97. The van der Waals surface area contributed by atoms with Gasteiger partial charge in [0, 0.05) is 10.5 Å². The second-order valence-electron chi connectivity index (χ2n) is 4.72. The smallest absolute Gasteiger partial charge is 0.129 e. The number of nitrogens with two attached hydrogens (primary N) is 1. The van der Waals surface area contributed by atoms with Gasteiger partial charge in [-0.2, -0.15) is 0 Å². The van der Waals surface area contributed by atoms with Crippen LogP contribution in [-0.2, 0) is 6.42 Å². The van der Waals surface area contributed by atoms with E-state index in [0.717, 1.165) is 21.7 Å². The number of benzene rings is 2. The van der Waals surface area contributed by atoms with E-state index in [1.165, 1.54) is 12.1 Å². The minimum Gasteiger partial charge on any atom is -0.271 e. The molecule has 1 unspecified atom stereocenters. The lowest BCUT2D eigenvalue weighted by molar-refractivity contribution is 0.521. The van der Waals surface area contributed by atoms with E-state index < -0.39 is 11.6 Å².